The second-order valence-electron chi connectivity index (χ2n) is 7.87. The van der Waals surface area contributed by atoms with Gasteiger partial charge in [-0.25, -0.2) is 8.42 Å². The molecule has 2 heterocycles. The lowest BCUT2D eigenvalue weighted by Crippen LogP contribution is -2.31. The summed E-state index contributed by atoms with van der Waals surface area (Å²) in [5.74, 6) is 0.0916. The number of methoxy groups -OCH3 is 1. The Labute approximate surface area is 204 Å². The Hall–Kier alpha value is -3.30. The molecule has 0 aliphatic carbocycles. The lowest BCUT2D eigenvalue weighted by atomic mass is 10.1. The van der Waals surface area contributed by atoms with Gasteiger partial charge in [-0.05, 0) is 67.1 Å². The van der Waals surface area contributed by atoms with E-state index in [9.17, 15) is 13.2 Å². The number of carbonyl (C=O) groups is 1. The van der Waals surface area contributed by atoms with Gasteiger partial charge in [0, 0.05) is 29.7 Å². The third-order valence-electron chi connectivity index (χ3n) is 5.51. The maximum absolute atomic E-state index is 13.5. The fourth-order valence-corrected chi connectivity index (χ4v) is 5.80. The topological polar surface area (TPSA) is 87.7 Å². The molecular weight excluding hydrogens is 470 g/mol. The van der Waals surface area contributed by atoms with E-state index in [1.807, 2.05) is 17.5 Å². The third kappa shape index (κ3) is 5.78. The van der Waals surface area contributed by atoms with Crippen molar-refractivity contribution in [1.29, 1.82) is 0 Å². The van der Waals surface area contributed by atoms with Gasteiger partial charge in [-0.15, -0.1) is 11.3 Å². The van der Waals surface area contributed by atoms with Gasteiger partial charge in [0.2, 0.25) is 5.91 Å². The van der Waals surface area contributed by atoms with E-state index in [-0.39, 0.29) is 10.8 Å². The highest BCUT2D eigenvalue weighted by molar-refractivity contribution is 7.93. The molecule has 0 spiro atoms. The van der Waals surface area contributed by atoms with Crippen LogP contribution in [0.1, 0.15) is 24.1 Å². The Morgan fingerprint density at radius 3 is 2.59 bits per heavy atom. The van der Waals surface area contributed by atoms with Crippen LogP contribution in [0.3, 0.4) is 0 Å². The highest BCUT2D eigenvalue weighted by Gasteiger charge is 2.25. The quantitative estimate of drug-likeness (QED) is 0.418. The fourth-order valence-electron chi connectivity index (χ4n) is 3.86. The third-order valence-corrected chi connectivity index (χ3v) is 7.74. The van der Waals surface area contributed by atoms with Crippen LogP contribution >= 0.6 is 11.3 Å². The molecule has 34 heavy (non-hydrogen) atoms. The maximum Gasteiger partial charge on any atom is 0.264 e. The zero-order chi connectivity index (χ0) is 24.0. The van der Waals surface area contributed by atoms with Crippen LogP contribution in [0.25, 0.3) is 6.08 Å². The van der Waals surface area contributed by atoms with E-state index in [0.29, 0.717) is 22.8 Å². The van der Waals surface area contributed by atoms with E-state index in [2.05, 4.69) is 14.9 Å². The minimum Gasteiger partial charge on any atom is -0.495 e. The molecule has 0 radical (unpaired) electrons. The molecule has 1 fully saturated rings. The van der Waals surface area contributed by atoms with Gasteiger partial charge in [0.15, 0.2) is 0 Å². The maximum atomic E-state index is 13.5. The van der Waals surface area contributed by atoms with Crippen molar-refractivity contribution in [3.8, 4) is 5.75 Å². The molecule has 4 rings (SSSR count). The van der Waals surface area contributed by atoms with E-state index in [1.54, 1.807) is 42.5 Å². The molecular formula is C25H27N3O4S2. The van der Waals surface area contributed by atoms with Crippen molar-refractivity contribution < 1.29 is 17.9 Å². The predicted molar refractivity (Wildman–Crippen MR) is 138 cm³/mol. The summed E-state index contributed by atoms with van der Waals surface area (Å²) < 4.78 is 35.0. The number of hydrogen-bond donors (Lipinski definition) is 2. The van der Waals surface area contributed by atoms with E-state index in [1.165, 1.54) is 30.6 Å². The standard InChI is InChI=1S/C25H27N3O4S2/c1-32-23-10-4-3-9-21(23)27-34(30,31)24-18-19(11-13-22(24)28-15-5-2-6-16-28)26-25(29)14-12-20-8-7-17-33-20/h3-4,7-14,17-18,27H,2,5-6,15-16H2,1H3,(H,26,29)/b14-12-. The summed E-state index contributed by atoms with van der Waals surface area (Å²) in [5.41, 5.74) is 1.37. The van der Waals surface area contributed by atoms with Gasteiger partial charge in [-0.2, -0.15) is 0 Å². The van der Waals surface area contributed by atoms with Crippen LogP contribution in [0.15, 0.2) is 70.9 Å². The van der Waals surface area contributed by atoms with Crippen LogP contribution in [0, 0.1) is 0 Å². The molecule has 1 saturated heterocycles. The number of thiophene rings is 1. The largest absolute Gasteiger partial charge is 0.495 e. The number of anilines is 3. The predicted octanol–water partition coefficient (Wildman–Crippen LogP) is 5.20. The normalized spacial score (nSPS) is 14.2. The monoisotopic (exact) mass is 497 g/mol. The first-order valence-electron chi connectivity index (χ1n) is 11.0. The molecule has 1 aromatic heterocycles. The number of hydrogen-bond acceptors (Lipinski definition) is 6. The Morgan fingerprint density at radius 1 is 1.06 bits per heavy atom. The van der Waals surface area contributed by atoms with Crippen LogP contribution < -0.4 is 19.7 Å². The Morgan fingerprint density at radius 2 is 1.85 bits per heavy atom. The first kappa shape index (κ1) is 23.8. The van der Waals surface area contributed by atoms with E-state index in [4.69, 9.17) is 4.74 Å². The molecule has 0 bridgehead atoms. The zero-order valence-corrected chi connectivity index (χ0v) is 20.5. The van der Waals surface area contributed by atoms with Gasteiger partial charge < -0.3 is 15.0 Å². The van der Waals surface area contributed by atoms with Crippen LogP contribution in [0.5, 0.6) is 5.75 Å². The van der Waals surface area contributed by atoms with Crippen molar-refractivity contribution in [2.75, 3.05) is 35.1 Å². The Bertz CT molecular complexity index is 1270. The second-order valence-corrected chi connectivity index (χ2v) is 10.5. The SMILES string of the molecule is COc1ccccc1NS(=O)(=O)c1cc(NC(=O)/C=C\c2cccs2)ccc1N1CCCCC1. The van der Waals surface area contributed by atoms with Gasteiger partial charge in [-0.1, -0.05) is 18.2 Å². The average molecular weight is 498 g/mol. The first-order chi connectivity index (χ1) is 16.5. The van der Waals surface area contributed by atoms with Gasteiger partial charge in [0.05, 0.1) is 18.5 Å². The zero-order valence-electron chi connectivity index (χ0n) is 18.9. The molecule has 2 N–H and O–H groups in total. The number of carbonyl (C=O) groups excluding carboxylic acids is 1. The van der Waals surface area contributed by atoms with Gasteiger partial charge in [0.1, 0.15) is 10.6 Å². The number of rotatable bonds is 8. The Balaban J connectivity index is 1.65. The molecule has 7 nitrogen and oxygen atoms in total. The lowest BCUT2D eigenvalue weighted by molar-refractivity contribution is -0.111. The van der Waals surface area contributed by atoms with E-state index < -0.39 is 10.0 Å². The molecule has 9 heteroatoms. The minimum absolute atomic E-state index is 0.111. The number of para-hydroxylation sites is 2. The number of benzene rings is 2. The molecule has 1 aliphatic rings. The highest BCUT2D eigenvalue weighted by Crippen LogP contribution is 2.33. The van der Waals surface area contributed by atoms with Crippen molar-refractivity contribution >= 4 is 50.4 Å². The lowest BCUT2D eigenvalue weighted by Gasteiger charge is -2.30. The molecule has 3 aromatic rings. The van der Waals surface area contributed by atoms with Gasteiger partial charge in [-0.3, -0.25) is 9.52 Å². The van der Waals surface area contributed by atoms with Crippen molar-refractivity contribution in [1.82, 2.24) is 0 Å². The van der Waals surface area contributed by atoms with Crippen molar-refractivity contribution in [3.63, 3.8) is 0 Å². The number of amides is 1. The molecule has 2 aromatic carbocycles. The molecule has 0 saturated carbocycles. The van der Waals surface area contributed by atoms with Crippen molar-refractivity contribution in [2.24, 2.45) is 0 Å². The van der Waals surface area contributed by atoms with E-state index >= 15 is 0 Å². The van der Waals surface area contributed by atoms with Crippen LogP contribution in [0.4, 0.5) is 17.1 Å². The Kier molecular flexibility index (Phi) is 7.54. The summed E-state index contributed by atoms with van der Waals surface area (Å²) in [7, 11) is -2.48. The fraction of sp³-hybridized carbons (Fsp3) is 0.240. The van der Waals surface area contributed by atoms with E-state index in [0.717, 1.165) is 37.2 Å². The molecule has 0 unspecified atom stereocenters. The smallest absolute Gasteiger partial charge is 0.264 e. The summed E-state index contributed by atoms with van der Waals surface area (Å²) >= 11 is 1.53. The number of nitrogens with one attached hydrogen (secondary N) is 2. The molecule has 0 atom stereocenters. The van der Waals surface area contributed by atoms with Gasteiger partial charge in [0.25, 0.3) is 10.0 Å². The second kappa shape index (κ2) is 10.8. The number of sulfonamides is 1. The van der Waals surface area contributed by atoms with Crippen molar-refractivity contribution in [3.05, 3.63) is 70.9 Å². The molecule has 1 amide bonds. The van der Waals surface area contributed by atoms with Crippen LogP contribution in [0.2, 0.25) is 0 Å². The van der Waals surface area contributed by atoms with Gasteiger partial charge >= 0.3 is 0 Å². The number of ether oxygens (including phenoxy) is 1. The highest BCUT2D eigenvalue weighted by atomic mass is 32.2. The first-order valence-corrected chi connectivity index (χ1v) is 13.4. The summed E-state index contributed by atoms with van der Waals surface area (Å²) in [6, 6.07) is 15.7. The summed E-state index contributed by atoms with van der Waals surface area (Å²) in [6.45, 7) is 1.57. The number of piperidine rings is 1. The van der Waals surface area contributed by atoms with Crippen LogP contribution in [-0.4, -0.2) is 34.5 Å². The summed E-state index contributed by atoms with van der Waals surface area (Å²) in [4.78, 5) is 15.6. The summed E-state index contributed by atoms with van der Waals surface area (Å²) in [6.07, 6.45) is 6.30. The molecule has 1 aliphatic heterocycles. The van der Waals surface area contributed by atoms with Crippen molar-refractivity contribution in [2.45, 2.75) is 24.2 Å². The average Bonchev–Trinajstić information content (AvgIpc) is 3.37. The summed E-state index contributed by atoms with van der Waals surface area (Å²) in [5, 5.41) is 4.71. The molecule has 178 valence electrons. The number of nitrogens with zero attached hydrogens (tertiary/aromatic N) is 1. The minimum atomic E-state index is -3.97. The van der Waals surface area contributed by atoms with Crippen LogP contribution in [-0.2, 0) is 14.8 Å².